The first-order chi connectivity index (χ1) is 13.1. The van der Waals surface area contributed by atoms with E-state index in [-0.39, 0.29) is 11.9 Å². The highest BCUT2D eigenvalue weighted by Crippen LogP contribution is 2.34. The summed E-state index contributed by atoms with van der Waals surface area (Å²) in [4.78, 5) is 6.68. The number of hydrogen-bond acceptors (Lipinski definition) is 6. The Morgan fingerprint density at radius 3 is 2.81 bits per heavy atom. The number of fused-ring (bicyclic) bond motifs is 1. The largest absolute Gasteiger partial charge is 0.444 e. The van der Waals surface area contributed by atoms with Crippen LogP contribution in [-0.4, -0.2) is 54.4 Å². The third kappa shape index (κ3) is 3.68. The first kappa shape index (κ1) is 18.7. The average molecular weight is 437 g/mol. The van der Waals surface area contributed by atoms with E-state index >= 15 is 0 Å². The summed E-state index contributed by atoms with van der Waals surface area (Å²) in [5, 5.41) is 13.3. The number of alkyl halides is 1. The summed E-state index contributed by atoms with van der Waals surface area (Å²) >= 11 is 3.58. The van der Waals surface area contributed by atoms with Crippen LogP contribution in [0.15, 0.2) is 21.2 Å². The van der Waals surface area contributed by atoms with E-state index in [1.165, 1.54) is 0 Å². The Morgan fingerprint density at radius 2 is 2.15 bits per heavy atom. The number of halogens is 2. The van der Waals surface area contributed by atoms with E-state index in [4.69, 9.17) is 14.4 Å². The Hall–Kier alpha value is -1.69. The van der Waals surface area contributed by atoms with Crippen molar-refractivity contribution in [2.75, 3.05) is 25.5 Å². The second kappa shape index (κ2) is 7.74. The van der Waals surface area contributed by atoms with Gasteiger partial charge in [-0.2, -0.15) is 5.26 Å². The van der Waals surface area contributed by atoms with Crippen LogP contribution >= 0.6 is 15.9 Å². The highest BCUT2D eigenvalue weighted by atomic mass is 79.9. The number of nitrogens with zero attached hydrogens (tertiary/aromatic N) is 3. The third-order valence-corrected chi connectivity index (χ3v) is 6.51. The number of ether oxygens (including phenoxy) is 1. The minimum atomic E-state index is -0.883. The second-order valence-corrected chi connectivity index (χ2v) is 8.11. The van der Waals surface area contributed by atoms with Crippen LogP contribution in [-0.2, 0) is 4.74 Å². The van der Waals surface area contributed by atoms with Gasteiger partial charge in [-0.05, 0) is 41.6 Å². The summed E-state index contributed by atoms with van der Waals surface area (Å²) in [6.07, 6.45) is 4.56. The van der Waals surface area contributed by atoms with Gasteiger partial charge in [-0.1, -0.05) is 0 Å². The fourth-order valence-corrected chi connectivity index (χ4v) is 4.72. The molecule has 27 heavy (non-hydrogen) atoms. The van der Waals surface area contributed by atoms with Crippen LogP contribution in [0.3, 0.4) is 0 Å². The molecule has 0 bridgehead atoms. The van der Waals surface area contributed by atoms with Crippen LogP contribution in [0.25, 0.3) is 11.0 Å². The van der Waals surface area contributed by atoms with Crippen molar-refractivity contribution in [3.63, 3.8) is 0 Å². The molecule has 1 saturated heterocycles. The average Bonchev–Trinajstić information content (AvgIpc) is 3.28. The molecule has 2 aliphatic rings. The van der Waals surface area contributed by atoms with Crippen LogP contribution in [0.2, 0.25) is 0 Å². The van der Waals surface area contributed by atoms with Gasteiger partial charge in [0.05, 0.1) is 10.7 Å². The number of anilines is 1. The van der Waals surface area contributed by atoms with E-state index in [0.717, 1.165) is 41.4 Å². The van der Waals surface area contributed by atoms with E-state index in [0.29, 0.717) is 30.8 Å². The molecule has 2 aromatic heterocycles. The number of pyridine rings is 1. The molecule has 1 N–H and O–H groups in total. The maximum atomic E-state index is 13.9. The monoisotopic (exact) mass is 436 g/mol. The van der Waals surface area contributed by atoms with Crippen LogP contribution in [0.5, 0.6) is 0 Å². The zero-order valence-electron chi connectivity index (χ0n) is 15.1. The van der Waals surface area contributed by atoms with Gasteiger partial charge in [0.25, 0.3) is 0 Å². The topological polar surface area (TPSA) is 74.3 Å². The van der Waals surface area contributed by atoms with Crippen molar-refractivity contribution in [1.29, 1.82) is 5.26 Å². The van der Waals surface area contributed by atoms with Gasteiger partial charge in [0.2, 0.25) is 5.76 Å². The number of hydrogen-bond donors (Lipinski definition) is 1. The van der Waals surface area contributed by atoms with E-state index in [9.17, 15) is 4.39 Å². The summed E-state index contributed by atoms with van der Waals surface area (Å²) < 4.78 is 25.4. The Labute approximate surface area is 165 Å². The lowest BCUT2D eigenvalue weighted by Crippen LogP contribution is -2.40. The number of rotatable bonds is 4. The molecule has 1 aliphatic heterocycles. The number of nitriles is 1. The predicted octanol–water partition coefficient (Wildman–Crippen LogP) is 3.85. The molecule has 0 aromatic carbocycles. The number of methoxy groups -OCH3 is 1. The highest BCUT2D eigenvalue weighted by Gasteiger charge is 2.37. The molecule has 0 unspecified atom stereocenters. The first-order valence-electron chi connectivity index (χ1n) is 9.24. The van der Waals surface area contributed by atoms with Gasteiger partial charge in [-0.25, -0.2) is 9.37 Å². The molecule has 0 spiro atoms. The molecule has 2 fully saturated rings. The Bertz CT molecular complexity index is 859. The lowest BCUT2D eigenvalue weighted by Gasteiger charge is -2.35. The van der Waals surface area contributed by atoms with Gasteiger partial charge in [-0.15, -0.1) is 0 Å². The van der Waals surface area contributed by atoms with E-state index in [1.54, 1.807) is 19.4 Å². The molecule has 0 radical (unpaired) electrons. The fraction of sp³-hybridized carbons (Fsp3) is 0.579. The molecule has 8 heteroatoms. The van der Waals surface area contributed by atoms with E-state index in [2.05, 4.69) is 31.1 Å². The van der Waals surface area contributed by atoms with Gasteiger partial charge >= 0.3 is 0 Å². The van der Waals surface area contributed by atoms with Gasteiger partial charge in [0, 0.05) is 43.7 Å². The fourth-order valence-electron chi connectivity index (χ4n) is 4.20. The van der Waals surface area contributed by atoms with Crippen molar-refractivity contribution in [2.24, 2.45) is 0 Å². The lowest BCUT2D eigenvalue weighted by atomic mass is 9.90. The van der Waals surface area contributed by atoms with E-state index in [1.807, 2.05) is 6.07 Å². The van der Waals surface area contributed by atoms with Crippen molar-refractivity contribution in [3.05, 3.63) is 22.5 Å². The summed E-state index contributed by atoms with van der Waals surface area (Å²) in [5.41, 5.74) is 0.593. The van der Waals surface area contributed by atoms with Gasteiger partial charge in [0.15, 0.2) is 5.58 Å². The molecule has 3 heterocycles. The minimum Gasteiger partial charge on any atom is -0.444 e. The molecule has 4 rings (SSSR count). The number of aromatic nitrogens is 1. The lowest BCUT2D eigenvalue weighted by molar-refractivity contribution is 0.0599. The summed E-state index contributed by atoms with van der Waals surface area (Å²) in [6.45, 7) is 1.17. The molecule has 2 atom stereocenters. The zero-order valence-corrected chi connectivity index (χ0v) is 16.7. The Balaban J connectivity index is 1.38. The molecule has 1 aliphatic carbocycles. The maximum Gasteiger partial charge on any atom is 0.204 e. The standard InChI is InChI=1S/C19H22BrFN4O2/c1-26-17-10-25(9-15(17)21)12-4-2-11(3-5-12)24-19-18(20)14-6-13(7-22)27-16(14)8-23-19/h6,8,11-12,15,17H,2-5,9-10H2,1H3,(H,23,24)/t11?,12?,15-,17+/m1/s1. The van der Waals surface area contributed by atoms with Crippen molar-refractivity contribution in [1.82, 2.24) is 9.88 Å². The van der Waals surface area contributed by atoms with Crippen molar-refractivity contribution in [3.8, 4) is 6.07 Å². The summed E-state index contributed by atoms with van der Waals surface area (Å²) in [7, 11) is 1.59. The van der Waals surface area contributed by atoms with Crippen LogP contribution in [0.4, 0.5) is 10.2 Å². The SMILES string of the molecule is CO[C@H]1CN(C2CCC(Nc3ncc4oc(C#N)cc4c3Br)CC2)C[C@H]1F. The van der Waals surface area contributed by atoms with Gasteiger partial charge in [0.1, 0.15) is 24.2 Å². The molecule has 0 amide bonds. The van der Waals surface area contributed by atoms with Crippen molar-refractivity contribution in [2.45, 2.75) is 50.0 Å². The molecular weight excluding hydrogens is 415 g/mol. The highest BCUT2D eigenvalue weighted by molar-refractivity contribution is 9.10. The maximum absolute atomic E-state index is 13.9. The molecular formula is C19H22BrFN4O2. The van der Waals surface area contributed by atoms with Gasteiger partial charge in [-0.3, -0.25) is 4.90 Å². The summed E-state index contributed by atoms with van der Waals surface area (Å²) in [5.74, 6) is 1.04. The predicted molar refractivity (Wildman–Crippen MR) is 103 cm³/mol. The van der Waals surface area contributed by atoms with Crippen molar-refractivity contribution < 1.29 is 13.5 Å². The zero-order chi connectivity index (χ0) is 19.0. The smallest absolute Gasteiger partial charge is 0.204 e. The minimum absolute atomic E-state index is 0.274. The van der Waals surface area contributed by atoms with Crippen molar-refractivity contribution >= 4 is 32.7 Å². The van der Waals surface area contributed by atoms with Crippen LogP contribution in [0, 0.1) is 11.3 Å². The first-order valence-corrected chi connectivity index (χ1v) is 10.0. The number of likely N-dealkylation sites (tertiary alicyclic amines) is 1. The molecule has 2 aromatic rings. The van der Waals surface area contributed by atoms with Crippen LogP contribution < -0.4 is 5.32 Å². The second-order valence-electron chi connectivity index (χ2n) is 7.32. The number of nitrogens with one attached hydrogen (secondary N) is 1. The van der Waals surface area contributed by atoms with Crippen LogP contribution in [0.1, 0.15) is 31.4 Å². The third-order valence-electron chi connectivity index (χ3n) is 5.71. The Morgan fingerprint density at radius 1 is 1.37 bits per heavy atom. The molecule has 6 nitrogen and oxygen atoms in total. The Kier molecular flexibility index (Phi) is 5.35. The van der Waals surface area contributed by atoms with E-state index < -0.39 is 6.17 Å². The molecule has 1 saturated carbocycles. The number of furan rings is 1. The summed E-state index contributed by atoms with van der Waals surface area (Å²) in [6, 6.07) is 4.48. The van der Waals surface area contributed by atoms with Gasteiger partial charge < -0.3 is 14.5 Å². The normalized spacial score (nSPS) is 29.1. The quantitative estimate of drug-likeness (QED) is 0.784. The molecule has 144 valence electrons.